The minimum atomic E-state index is -0.812. The van der Waals surface area contributed by atoms with Gasteiger partial charge in [0.25, 0.3) is 0 Å². The number of para-hydroxylation sites is 1. The Morgan fingerprint density at radius 3 is 2.81 bits per heavy atom. The Morgan fingerprint density at radius 2 is 2.05 bits per heavy atom. The maximum atomic E-state index is 12.6. The van der Waals surface area contributed by atoms with E-state index >= 15 is 0 Å². The van der Waals surface area contributed by atoms with Gasteiger partial charge in [0, 0.05) is 17.8 Å². The van der Waals surface area contributed by atoms with E-state index in [1.165, 1.54) is 5.56 Å². The molecule has 5 nitrogen and oxygen atoms in total. The molecule has 1 heterocycles. The number of aliphatic carboxylic acids is 1. The first-order chi connectivity index (χ1) is 10.1. The molecule has 1 aliphatic carbocycles. The maximum absolute atomic E-state index is 12.6. The quantitative estimate of drug-likeness (QED) is 0.878. The van der Waals surface area contributed by atoms with Crippen LogP contribution in [0.15, 0.2) is 24.3 Å². The summed E-state index contributed by atoms with van der Waals surface area (Å²) < 4.78 is 0. The van der Waals surface area contributed by atoms with E-state index in [0.717, 1.165) is 24.9 Å². The maximum Gasteiger partial charge on any atom is 0.322 e. The van der Waals surface area contributed by atoms with E-state index in [9.17, 15) is 14.7 Å². The Hall–Kier alpha value is -2.04. The van der Waals surface area contributed by atoms with Gasteiger partial charge in [-0.1, -0.05) is 24.6 Å². The zero-order valence-electron chi connectivity index (χ0n) is 12.1. The molecule has 1 saturated carbocycles. The van der Waals surface area contributed by atoms with Gasteiger partial charge in [-0.05, 0) is 37.8 Å². The molecule has 0 aromatic heterocycles. The number of nitrogens with one attached hydrogen (secondary N) is 1. The van der Waals surface area contributed by atoms with Gasteiger partial charge in [-0.25, -0.2) is 4.79 Å². The standard InChI is InChI=1S/C16H20N2O3/c1-10-9-11-5-2-3-8-14(11)18(10)16(21)17-13-7-4-6-12(13)15(19)20/h2-3,5,8,10,12-13H,4,6-7,9H2,1H3,(H,17,21)(H,19,20). The molecular weight excluding hydrogens is 268 g/mol. The molecule has 21 heavy (non-hydrogen) atoms. The van der Waals surface area contributed by atoms with Gasteiger partial charge in [0.05, 0.1) is 5.92 Å². The highest BCUT2D eigenvalue weighted by atomic mass is 16.4. The Balaban J connectivity index is 1.75. The minimum Gasteiger partial charge on any atom is -0.481 e. The van der Waals surface area contributed by atoms with Crippen molar-refractivity contribution in [2.24, 2.45) is 5.92 Å². The number of fused-ring (bicyclic) bond motifs is 1. The Morgan fingerprint density at radius 1 is 1.29 bits per heavy atom. The van der Waals surface area contributed by atoms with Crippen molar-refractivity contribution in [3.8, 4) is 0 Å². The summed E-state index contributed by atoms with van der Waals surface area (Å²) >= 11 is 0. The van der Waals surface area contributed by atoms with Crippen LogP contribution in [0.2, 0.25) is 0 Å². The number of amides is 2. The van der Waals surface area contributed by atoms with Crippen molar-refractivity contribution in [3.63, 3.8) is 0 Å². The summed E-state index contributed by atoms with van der Waals surface area (Å²) in [4.78, 5) is 25.5. The fraction of sp³-hybridized carbons (Fsp3) is 0.500. The lowest BCUT2D eigenvalue weighted by molar-refractivity contribution is -0.142. The topological polar surface area (TPSA) is 69.6 Å². The van der Waals surface area contributed by atoms with Gasteiger partial charge in [-0.2, -0.15) is 0 Å². The number of carbonyl (C=O) groups is 2. The zero-order valence-corrected chi connectivity index (χ0v) is 12.1. The number of rotatable bonds is 2. The van der Waals surface area contributed by atoms with Crippen molar-refractivity contribution in [3.05, 3.63) is 29.8 Å². The number of urea groups is 1. The summed E-state index contributed by atoms with van der Waals surface area (Å²) in [6.45, 7) is 2.02. The first kappa shape index (κ1) is 13.9. The van der Waals surface area contributed by atoms with Crippen LogP contribution in [-0.4, -0.2) is 29.2 Å². The van der Waals surface area contributed by atoms with Crippen molar-refractivity contribution < 1.29 is 14.7 Å². The number of carbonyl (C=O) groups excluding carboxylic acids is 1. The number of hydrogen-bond donors (Lipinski definition) is 2. The predicted molar refractivity (Wildman–Crippen MR) is 79.4 cm³/mol. The van der Waals surface area contributed by atoms with Crippen LogP contribution >= 0.6 is 0 Å². The molecule has 0 bridgehead atoms. The van der Waals surface area contributed by atoms with Gasteiger partial charge in [-0.15, -0.1) is 0 Å². The molecule has 0 saturated heterocycles. The molecule has 1 fully saturated rings. The highest BCUT2D eigenvalue weighted by Crippen LogP contribution is 2.32. The molecule has 2 N–H and O–H groups in total. The van der Waals surface area contributed by atoms with Crippen molar-refractivity contribution in [1.29, 1.82) is 0 Å². The molecule has 1 aromatic carbocycles. The monoisotopic (exact) mass is 288 g/mol. The summed E-state index contributed by atoms with van der Waals surface area (Å²) in [5.41, 5.74) is 2.11. The molecule has 5 heteroatoms. The fourth-order valence-electron chi connectivity index (χ4n) is 3.53. The molecule has 0 radical (unpaired) electrons. The van der Waals surface area contributed by atoms with E-state index < -0.39 is 11.9 Å². The molecule has 0 spiro atoms. The van der Waals surface area contributed by atoms with Crippen LogP contribution in [-0.2, 0) is 11.2 Å². The van der Waals surface area contributed by atoms with E-state index in [4.69, 9.17) is 0 Å². The fourth-order valence-corrected chi connectivity index (χ4v) is 3.53. The number of carboxylic acid groups (broad SMARTS) is 1. The van der Waals surface area contributed by atoms with Gasteiger partial charge < -0.3 is 10.4 Å². The van der Waals surface area contributed by atoms with Crippen LogP contribution in [0.25, 0.3) is 0 Å². The second kappa shape index (κ2) is 5.39. The lowest BCUT2D eigenvalue weighted by atomic mass is 10.0. The molecular formula is C16H20N2O3. The molecule has 3 atom stereocenters. The van der Waals surface area contributed by atoms with Crippen molar-refractivity contribution in [1.82, 2.24) is 5.32 Å². The summed E-state index contributed by atoms with van der Waals surface area (Å²) in [5, 5.41) is 12.1. The van der Waals surface area contributed by atoms with Crippen molar-refractivity contribution in [2.75, 3.05) is 4.90 Å². The average molecular weight is 288 g/mol. The van der Waals surface area contributed by atoms with Gasteiger partial charge >= 0.3 is 12.0 Å². The van der Waals surface area contributed by atoms with E-state index in [2.05, 4.69) is 5.32 Å². The number of anilines is 1. The Kier molecular flexibility index (Phi) is 3.57. The first-order valence-corrected chi connectivity index (χ1v) is 7.48. The van der Waals surface area contributed by atoms with E-state index in [1.54, 1.807) is 4.90 Å². The van der Waals surface area contributed by atoms with Crippen LogP contribution < -0.4 is 10.2 Å². The zero-order chi connectivity index (χ0) is 15.0. The second-order valence-electron chi connectivity index (χ2n) is 5.98. The molecule has 2 aliphatic rings. The SMILES string of the molecule is CC1Cc2ccccc2N1C(=O)NC1CCCC1C(=O)O. The summed E-state index contributed by atoms with van der Waals surface area (Å²) in [5.74, 6) is -1.27. The Labute approximate surface area is 123 Å². The van der Waals surface area contributed by atoms with Gasteiger partial charge in [0.15, 0.2) is 0 Å². The molecule has 112 valence electrons. The van der Waals surface area contributed by atoms with Crippen molar-refractivity contribution in [2.45, 2.75) is 44.7 Å². The van der Waals surface area contributed by atoms with E-state index in [-0.39, 0.29) is 18.1 Å². The van der Waals surface area contributed by atoms with Gasteiger partial charge in [0.2, 0.25) is 0 Å². The number of nitrogens with zero attached hydrogens (tertiary/aromatic N) is 1. The van der Waals surface area contributed by atoms with E-state index in [1.807, 2.05) is 31.2 Å². The summed E-state index contributed by atoms with van der Waals surface area (Å²) in [7, 11) is 0. The van der Waals surface area contributed by atoms with Crippen LogP contribution in [0.5, 0.6) is 0 Å². The predicted octanol–water partition coefficient (Wildman–Crippen LogP) is 2.40. The highest BCUT2D eigenvalue weighted by molar-refractivity contribution is 5.95. The van der Waals surface area contributed by atoms with Crippen LogP contribution in [0.4, 0.5) is 10.5 Å². The third-order valence-corrected chi connectivity index (χ3v) is 4.57. The molecule has 2 amide bonds. The number of benzene rings is 1. The summed E-state index contributed by atoms with van der Waals surface area (Å²) in [6.07, 6.45) is 3.09. The minimum absolute atomic E-state index is 0.104. The van der Waals surface area contributed by atoms with Gasteiger partial charge in [-0.3, -0.25) is 9.69 Å². The normalized spacial score (nSPS) is 27.5. The summed E-state index contributed by atoms with van der Waals surface area (Å²) in [6, 6.07) is 7.56. The average Bonchev–Trinajstić information content (AvgIpc) is 3.01. The highest BCUT2D eigenvalue weighted by Gasteiger charge is 2.37. The number of carboxylic acids is 1. The lowest BCUT2D eigenvalue weighted by Gasteiger charge is -2.26. The Bertz CT molecular complexity index is 572. The third-order valence-electron chi connectivity index (χ3n) is 4.57. The number of hydrogen-bond acceptors (Lipinski definition) is 2. The van der Waals surface area contributed by atoms with E-state index in [0.29, 0.717) is 6.42 Å². The van der Waals surface area contributed by atoms with Crippen LogP contribution in [0, 0.1) is 5.92 Å². The molecule has 1 aromatic rings. The largest absolute Gasteiger partial charge is 0.481 e. The smallest absolute Gasteiger partial charge is 0.322 e. The molecule has 1 aliphatic heterocycles. The molecule has 3 rings (SSSR count). The lowest BCUT2D eigenvalue weighted by Crippen LogP contribution is -2.49. The third kappa shape index (κ3) is 2.48. The first-order valence-electron chi connectivity index (χ1n) is 7.48. The van der Waals surface area contributed by atoms with Crippen molar-refractivity contribution >= 4 is 17.7 Å². The van der Waals surface area contributed by atoms with Crippen LogP contribution in [0.3, 0.4) is 0 Å². The van der Waals surface area contributed by atoms with Gasteiger partial charge in [0.1, 0.15) is 0 Å². The molecule has 3 unspecified atom stereocenters. The second-order valence-corrected chi connectivity index (χ2v) is 5.98. The van der Waals surface area contributed by atoms with Crippen LogP contribution in [0.1, 0.15) is 31.7 Å².